The second-order valence-electron chi connectivity index (χ2n) is 5.60. The van der Waals surface area contributed by atoms with Crippen molar-refractivity contribution >= 4 is 5.97 Å². The maximum Gasteiger partial charge on any atom is 0.338 e. The van der Waals surface area contributed by atoms with Crippen LogP contribution in [0.1, 0.15) is 35.7 Å². The molecule has 0 atom stereocenters. The monoisotopic (exact) mass is 307 g/mol. The number of nitrogens with one attached hydrogen (secondary N) is 1. The number of aromatic nitrogens is 3. The molecular formula is C18H17N3O2. The molecule has 0 fully saturated rings. The fourth-order valence-corrected chi connectivity index (χ4v) is 2.80. The number of nitrogens with zero attached hydrogens (tertiary/aromatic N) is 2. The predicted octanol–water partition coefficient (Wildman–Crippen LogP) is 3.96. The highest BCUT2D eigenvalue weighted by Crippen LogP contribution is 2.37. The zero-order chi connectivity index (χ0) is 16.4. The van der Waals surface area contributed by atoms with Gasteiger partial charge in [0.2, 0.25) is 0 Å². The van der Waals surface area contributed by atoms with Crippen LogP contribution in [0.2, 0.25) is 0 Å². The number of hydrogen-bond donors (Lipinski definition) is 2. The molecule has 0 radical (unpaired) electrons. The Kier molecular flexibility index (Phi) is 3.93. The highest BCUT2D eigenvalue weighted by atomic mass is 16.4. The van der Waals surface area contributed by atoms with Gasteiger partial charge in [-0.1, -0.05) is 13.8 Å². The quantitative estimate of drug-likeness (QED) is 0.764. The van der Waals surface area contributed by atoms with Gasteiger partial charge in [-0.05, 0) is 35.7 Å². The molecule has 116 valence electrons. The summed E-state index contributed by atoms with van der Waals surface area (Å²) in [5, 5.41) is 9.77. The minimum Gasteiger partial charge on any atom is -0.478 e. The topological polar surface area (TPSA) is 78.9 Å². The lowest BCUT2D eigenvalue weighted by atomic mass is 9.94. The third-order valence-corrected chi connectivity index (χ3v) is 3.77. The first kappa shape index (κ1) is 15.0. The minimum absolute atomic E-state index is 0.0658. The molecule has 0 aliphatic heterocycles. The van der Waals surface area contributed by atoms with Crippen LogP contribution in [-0.2, 0) is 0 Å². The highest BCUT2D eigenvalue weighted by Gasteiger charge is 2.26. The molecule has 0 bridgehead atoms. The number of carboxylic acid groups (broad SMARTS) is 1. The summed E-state index contributed by atoms with van der Waals surface area (Å²) in [4.78, 5) is 23.3. The molecular weight excluding hydrogens is 290 g/mol. The van der Waals surface area contributed by atoms with Crippen LogP contribution in [0.25, 0.3) is 22.5 Å². The predicted molar refractivity (Wildman–Crippen MR) is 88.3 cm³/mol. The van der Waals surface area contributed by atoms with Crippen molar-refractivity contribution in [2.75, 3.05) is 0 Å². The average Bonchev–Trinajstić information content (AvgIpc) is 2.97. The number of carbonyl (C=O) groups is 1. The van der Waals surface area contributed by atoms with Gasteiger partial charge in [-0.3, -0.25) is 9.97 Å². The van der Waals surface area contributed by atoms with Crippen LogP contribution in [0, 0.1) is 0 Å². The van der Waals surface area contributed by atoms with Crippen molar-refractivity contribution in [1.29, 1.82) is 0 Å². The SMILES string of the molecule is CC(C)c1c(-c2ccncc2)[nH]c(-c2ccncc2)c1C(=O)O. The van der Waals surface area contributed by atoms with Gasteiger partial charge < -0.3 is 10.1 Å². The number of rotatable bonds is 4. The summed E-state index contributed by atoms with van der Waals surface area (Å²) in [6.45, 7) is 3.99. The Bertz CT molecular complexity index is 824. The minimum atomic E-state index is -0.933. The Morgan fingerprint density at radius 2 is 1.43 bits per heavy atom. The lowest BCUT2D eigenvalue weighted by Crippen LogP contribution is -2.03. The van der Waals surface area contributed by atoms with Crippen LogP contribution in [0.15, 0.2) is 49.1 Å². The fourth-order valence-electron chi connectivity index (χ4n) is 2.80. The van der Waals surface area contributed by atoms with E-state index in [1.807, 2.05) is 26.0 Å². The van der Waals surface area contributed by atoms with E-state index < -0.39 is 5.97 Å². The Labute approximate surface area is 134 Å². The average molecular weight is 307 g/mol. The molecule has 5 heteroatoms. The summed E-state index contributed by atoms with van der Waals surface area (Å²) in [6.07, 6.45) is 6.71. The van der Waals surface area contributed by atoms with E-state index in [-0.39, 0.29) is 5.92 Å². The second-order valence-corrected chi connectivity index (χ2v) is 5.60. The summed E-state index contributed by atoms with van der Waals surface area (Å²) >= 11 is 0. The number of aromatic amines is 1. The van der Waals surface area contributed by atoms with Gasteiger partial charge in [-0.25, -0.2) is 4.79 Å². The van der Waals surface area contributed by atoms with E-state index in [1.54, 1.807) is 36.9 Å². The number of aromatic carboxylic acids is 1. The molecule has 5 nitrogen and oxygen atoms in total. The van der Waals surface area contributed by atoms with Crippen molar-refractivity contribution < 1.29 is 9.90 Å². The first-order chi connectivity index (χ1) is 11.1. The molecule has 0 saturated carbocycles. The van der Waals surface area contributed by atoms with Crippen molar-refractivity contribution in [3.8, 4) is 22.5 Å². The van der Waals surface area contributed by atoms with Gasteiger partial charge in [0.15, 0.2) is 0 Å². The van der Waals surface area contributed by atoms with E-state index in [2.05, 4.69) is 15.0 Å². The van der Waals surface area contributed by atoms with Gasteiger partial charge >= 0.3 is 5.97 Å². The van der Waals surface area contributed by atoms with E-state index in [0.29, 0.717) is 11.3 Å². The third kappa shape index (κ3) is 2.73. The maximum atomic E-state index is 11.9. The normalized spacial score (nSPS) is 10.9. The lowest BCUT2D eigenvalue weighted by Gasteiger charge is -2.09. The zero-order valence-electron chi connectivity index (χ0n) is 12.9. The molecule has 3 heterocycles. The van der Waals surface area contributed by atoms with Gasteiger partial charge in [-0.2, -0.15) is 0 Å². The first-order valence-electron chi connectivity index (χ1n) is 7.39. The number of hydrogen-bond acceptors (Lipinski definition) is 3. The Morgan fingerprint density at radius 3 is 1.87 bits per heavy atom. The van der Waals surface area contributed by atoms with Crippen LogP contribution in [0.4, 0.5) is 0 Å². The van der Waals surface area contributed by atoms with Crippen LogP contribution in [0.3, 0.4) is 0 Å². The maximum absolute atomic E-state index is 11.9. The summed E-state index contributed by atoms with van der Waals surface area (Å²) < 4.78 is 0. The number of H-pyrrole nitrogens is 1. The molecule has 3 aromatic rings. The van der Waals surface area contributed by atoms with E-state index >= 15 is 0 Å². The van der Waals surface area contributed by atoms with E-state index in [1.165, 1.54) is 0 Å². The summed E-state index contributed by atoms with van der Waals surface area (Å²) in [6, 6.07) is 7.36. The Hall–Kier alpha value is -2.95. The smallest absolute Gasteiger partial charge is 0.338 e. The zero-order valence-corrected chi connectivity index (χ0v) is 12.9. The van der Waals surface area contributed by atoms with Crippen molar-refractivity contribution in [3.63, 3.8) is 0 Å². The molecule has 23 heavy (non-hydrogen) atoms. The first-order valence-corrected chi connectivity index (χ1v) is 7.39. The second kappa shape index (κ2) is 6.04. The van der Waals surface area contributed by atoms with Crippen molar-refractivity contribution in [2.45, 2.75) is 19.8 Å². The van der Waals surface area contributed by atoms with Gasteiger partial charge in [-0.15, -0.1) is 0 Å². The molecule has 3 aromatic heterocycles. The molecule has 0 amide bonds. The molecule has 0 spiro atoms. The molecule has 3 rings (SSSR count). The van der Waals surface area contributed by atoms with E-state index in [4.69, 9.17) is 0 Å². The van der Waals surface area contributed by atoms with Crippen LogP contribution in [-0.4, -0.2) is 26.0 Å². The molecule has 0 saturated heterocycles. The number of carboxylic acids is 1. The van der Waals surface area contributed by atoms with Crippen molar-refractivity contribution in [1.82, 2.24) is 15.0 Å². The molecule has 0 aliphatic carbocycles. The molecule has 0 unspecified atom stereocenters. The van der Waals surface area contributed by atoms with Crippen molar-refractivity contribution in [2.24, 2.45) is 0 Å². The highest BCUT2D eigenvalue weighted by molar-refractivity contribution is 5.99. The summed E-state index contributed by atoms with van der Waals surface area (Å²) in [5.41, 5.74) is 4.28. The van der Waals surface area contributed by atoms with Gasteiger partial charge in [0.05, 0.1) is 17.0 Å². The van der Waals surface area contributed by atoms with Gasteiger partial charge in [0, 0.05) is 35.9 Å². The van der Waals surface area contributed by atoms with E-state index in [0.717, 1.165) is 22.4 Å². The molecule has 0 aliphatic rings. The van der Waals surface area contributed by atoms with Crippen molar-refractivity contribution in [3.05, 3.63) is 60.2 Å². The molecule has 2 N–H and O–H groups in total. The van der Waals surface area contributed by atoms with Crippen LogP contribution >= 0.6 is 0 Å². The van der Waals surface area contributed by atoms with Gasteiger partial charge in [0.1, 0.15) is 0 Å². The largest absolute Gasteiger partial charge is 0.478 e. The van der Waals surface area contributed by atoms with Gasteiger partial charge in [0.25, 0.3) is 0 Å². The van der Waals surface area contributed by atoms with E-state index in [9.17, 15) is 9.90 Å². The third-order valence-electron chi connectivity index (χ3n) is 3.77. The fraction of sp³-hybridized carbons (Fsp3) is 0.167. The Balaban J connectivity index is 2.32. The molecule has 0 aromatic carbocycles. The van der Waals surface area contributed by atoms with Crippen LogP contribution < -0.4 is 0 Å². The Morgan fingerprint density at radius 1 is 0.957 bits per heavy atom. The van der Waals surface area contributed by atoms with Crippen LogP contribution in [0.5, 0.6) is 0 Å². The summed E-state index contributed by atoms with van der Waals surface area (Å²) in [7, 11) is 0. The standard InChI is InChI=1S/C18H17N3O2/c1-11(2)14-15(18(22)23)17(13-5-9-20-10-6-13)21-16(14)12-3-7-19-8-4-12/h3-11,21H,1-2H3,(H,22,23). The number of pyridine rings is 2. The summed E-state index contributed by atoms with van der Waals surface area (Å²) in [5.74, 6) is -0.867. The lowest BCUT2D eigenvalue weighted by molar-refractivity contribution is 0.0696.